The number of fused-ring (bicyclic) bond motifs is 1. The van der Waals surface area contributed by atoms with Crippen LogP contribution in [0, 0.1) is 3.57 Å². The van der Waals surface area contributed by atoms with Crippen molar-refractivity contribution in [2.45, 2.75) is 0 Å². The number of nitrogens with zero attached hydrogens (tertiary/aromatic N) is 2. The quantitative estimate of drug-likeness (QED) is 0.540. The lowest BCUT2D eigenvalue weighted by Crippen LogP contribution is -2.15. The van der Waals surface area contributed by atoms with Crippen molar-refractivity contribution in [2.24, 2.45) is 0 Å². The molecular formula is C13H7ClIN3O4. The predicted molar refractivity (Wildman–Crippen MR) is 88.0 cm³/mol. The van der Waals surface area contributed by atoms with Crippen molar-refractivity contribution >= 4 is 51.1 Å². The number of hydrogen-bond donors (Lipinski definition) is 3. The van der Waals surface area contributed by atoms with Gasteiger partial charge in [-0.2, -0.15) is 5.10 Å². The number of H-pyrrole nitrogens is 1. The average molecular weight is 432 g/mol. The van der Waals surface area contributed by atoms with Crippen LogP contribution >= 0.6 is 34.2 Å². The van der Waals surface area contributed by atoms with E-state index in [1.807, 2.05) is 22.6 Å². The number of nitrogens with one attached hydrogen (secondary N) is 1. The van der Waals surface area contributed by atoms with Crippen LogP contribution in [0.4, 0.5) is 0 Å². The van der Waals surface area contributed by atoms with E-state index in [0.717, 1.165) is 17.1 Å². The maximum absolute atomic E-state index is 12.2. The van der Waals surface area contributed by atoms with Gasteiger partial charge in [0, 0.05) is 15.2 Å². The first-order valence-corrected chi connectivity index (χ1v) is 7.36. The largest absolute Gasteiger partial charge is 0.505 e. The van der Waals surface area contributed by atoms with Gasteiger partial charge in [-0.3, -0.25) is 4.79 Å². The summed E-state index contributed by atoms with van der Waals surface area (Å²) in [4.78, 5) is 25.6. The Morgan fingerprint density at radius 2 is 2.14 bits per heavy atom. The van der Waals surface area contributed by atoms with E-state index < -0.39 is 11.5 Å². The molecule has 0 unspecified atom stereocenters. The van der Waals surface area contributed by atoms with Crippen LogP contribution in [0.3, 0.4) is 0 Å². The number of aromatic carboxylic acids is 1. The minimum Gasteiger partial charge on any atom is -0.505 e. The summed E-state index contributed by atoms with van der Waals surface area (Å²) in [5.41, 5.74) is -0.479. The summed E-state index contributed by atoms with van der Waals surface area (Å²) in [6, 6.07) is 3.16. The molecule has 22 heavy (non-hydrogen) atoms. The molecule has 1 aromatic carbocycles. The Kier molecular flexibility index (Phi) is 3.57. The standard InChI is InChI=1S/C13H7ClIN3O4/c14-7-2-9-6(1-8(7)15)11(19)10(12(20)17-9)18-4-5(3-16-18)13(21)22/h1-4H,(H,21,22)(H2,17,19,20). The molecule has 112 valence electrons. The van der Waals surface area contributed by atoms with Crippen LogP contribution in [0.2, 0.25) is 5.02 Å². The highest BCUT2D eigenvalue weighted by atomic mass is 127. The van der Waals surface area contributed by atoms with Gasteiger partial charge in [0.05, 0.1) is 22.3 Å². The fourth-order valence-corrected chi connectivity index (χ4v) is 2.66. The van der Waals surface area contributed by atoms with Crippen molar-refractivity contribution in [2.75, 3.05) is 0 Å². The molecule has 2 aromatic heterocycles. The molecule has 0 bridgehead atoms. The number of aromatic nitrogens is 3. The van der Waals surface area contributed by atoms with Gasteiger partial charge in [-0.15, -0.1) is 0 Å². The summed E-state index contributed by atoms with van der Waals surface area (Å²) < 4.78 is 1.73. The highest BCUT2D eigenvalue weighted by molar-refractivity contribution is 14.1. The fourth-order valence-electron chi connectivity index (χ4n) is 2.03. The van der Waals surface area contributed by atoms with Crippen molar-refractivity contribution in [1.29, 1.82) is 0 Å². The Hall–Kier alpha value is -2.07. The molecule has 7 nitrogen and oxygen atoms in total. The molecule has 2 heterocycles. The number of aromatic hydroxyl groups is 1. The molecule has 0 aliphatic rings. The van der Waals surface area contributed by atoms with Crippen LogP contribution in [0.15, 0.2) is 29.3 Å². The number of halogens is 2. The molecule has 0 spiro atoms. The summed E-state index contributed by atoms with van der Waals surface area (Å²) in [6.07, 6.45) is 2.25. The summed E-state index contributed by atoms with van der Waals surface area (Å²) in [7, 11) is 0. The maximum Gasteiger partial charge on any atom is 0.338 e. The number of pyridine rings is 1. The maximum atomic E-state index is 12.2. The minimum atomic E-state index is -1.18. The van der Waals surface area contributed by atoms with Crippen molar-refractivity contribution in [3.8, 4) is 11.4 Å². The van der Waals surface area contributed by atoms with Gasteiger partial charge in [-0.1, -0.05) is 11.6 Å². The Morgan fingerprint density at radius 3 is 2.77 bits per heavy atom. The number of rotatable bonds is 2. The van der Waals surface area contributed by atoms with E-state index in [4.69, 9.17) is 16.7 Å². The average Bonchev–Trinajstić information content (AvgIpc) is 2.91. The number of carbonyl (C=O) groups is 1. The number of aromatic amines is 1. The molecule has 0 radical (unpaired) electrons. The zero-order valence-electron chi connectivity index (χ0n) is 10.7. The fraction of sp³-hybridized carbons (Fsp3) is 0. The van der Waals surface area contributed by atoms with Crippen molar-refractivity contribution in [3.05, 3.63) is 49.0 Å². The Balaban J connectivity index is 2.32. The van der Waals surface area contributed by atoms with Gasteiger partial charge in [-0.05, 0) is 34.7 Å². The van der Waals surface area contributed by atoms with Gasteiger partial charge in [0.1, 0.15) is 0 Å². The van der Waals surface area contributed by atoms with E-state index in [-0.39, 0.29) is 17.0 Å². The first-order valence-electron chi connectivity index (χ1n) is 5.91. The number of carboxylic acid groups (broad SMARTS) is 1. The van der Waals surface area contributed by atoms with Gasteiger partial charge >= 0.3 is 5.97 Å². The number of carboxylic acids is 1. The monoisotopic (exact) mass is 431 g/mol. The molecule has 0 saturated carbocycles. The molecule has 3 aromatic rings. The predicted octanol–water partition coefficient (Wildman–Crippen LogP) is 2.38. The highest BCUT2D eigenvalue weighted by Gasteiger charge is 2.17. The van der Waals surface area contributed by atoms with Crippen LogP contribution in [0.1, 0.15) is 10.4 Å². The Morgan fingerprint density at radius 1 is 1.41 bits per heavy atom. The molecule has 0 fully saturated rings. The lowest BCUT2D eigenvalue weighted by molar-refractivity contribution is 0.0697. The first-order chi connectivity index (χ1) is 10.4. The highest BCUT2D eigenvalue weighted by Crippen LogP contribution is 2.31. The second kappa shape index (κ2) is 5.29. The van der Waals surface area contributed by atoms with E-state index in [0.29, 0.717) is 19.5 Å². The molecule has 3 N–H and O–H groups in total. The van der Waals surface area contributed by atoms with Gasteiger partial charge in [-0.25, -0.2) is 9.48 Å². The normalized spacial score (nSPS) is 11.0. The topological polar surface area (TPSA) is 108 Å². The van der Waals surface area contributed by atoms with Crippen LogP contribution in [-0.4, -0.2) is 30.9 Å². The van der Waals surface area contributed by atoms with Gasteiger partial charge in [0.15, 0.2) is 11.4 Å². The summed E-state index contributed by atoms with van der Waals surface area (Å²) in [5, 5.41) is 23.9. The van der Waals surface area contributed by atoms with E-state index in [1.165, 1.54) is 6.07 Å². The molecule has 9 heteroatoms. The van der Waals surface area contributed by atoms with E-state index >= 15 is 0 Å². The third-order valence-electron chi connectivity index (χ3n) is 3.06. The SMILES string of the molecule is O=C(O)c1cnn(-c2c(O)c3cc(I)c(Cl)cc3[nH]c2=O)c1. The van der Waals surface area contributed by atoms with E-state index in [9.17, 15) is 14.7 Å². The second-order valence-corrected chi connectivity index (χ2v) is 6.01. The zero-order chi connectivity index (χ0) is 16.0. The van der Waals surface area contributed by atoms with E-state index in [2.05, 4.69) is 10.1 Å². The molecule has 0 aliphatic carbocycles. The van der Waals surface area contributed by atoms with Crippen LogP contribution in [0.5, 0.6) is 5.75 Å². The zero-order valence-corrected chi connectivity index (χ0v) is 13.6. The third-order valence-corrected chi connectivity index (χ3v) is 4.59. The minimum absolute atomic E-state index is 0.0930. The molecule has 0 atom stereocenters. The lowest BCUT2D eigenvalue weighted by atomic mass is 10.2. The van der Waals surface area contributed by atoms with Crippen molar-refractivity contribution < 1.29 is 15.0 Å². The molecular weight excluding hydrogens is 425 g/mol. The van der Waals surface area contributed by atoms with Crippen molar-refractivity contribution in [3.63, 3.8) is 0 Å². The van der Waals surface area contributed by atoms with E-state index in [1.54, 1.807) is 6.07 Å². The van der Waals surface area contributed by atoms with Crippen LogP contribution < -0.4 is 5.56 Å². The molecule has 0 amide bonds. The Labute approximate surface area is 141 Å². The lowest BCUT2D eigenvalue weighted by Gasteiger charge is -2.08. The number of benzene rings is 1. The second-order valence-electron chi connectivity index (χ2n) is 4.44. The van der Waals surface area contributed by atoms with Crippen LogP contribution in [0.25, 0.3) is 16.6 Å². The van der Waals surface area contributed by atoms with Crippen LogP contribution in [-0.2, 0) is 0 Å². The summed E-state index contributed by atoms with van der Waals surface area (Å²) >= 11 is 8.00. The molecule has 0 saturated heterocycles. The van der Waals surface area contributed by atoms with Gasteiger partial charge in [0.2, 0.25) is 0 Å². The van der Waals surface area contributed by atoms with Gasteiger partial charge < -0.3 is 15.2 Å². The first kappa shape index (κ1) is 14.9. The summed E-state index contributed by atoms with van der Waals surface area (Å²) in [6.45, 7) is 0. The van der Waals surface area contributed by atoms with Gasteiger partial charge in [0.25, 0.3) is 5.56 Å². The molecule has 3 rings (SSSR count). The number of hydrogen-bond acceptors (Lipinski definition) is 4. The smallest absolute Gasteiger partial charge is 0.338 e. The van der Waals surface area contributed by atoms with Crippen molar-refractivity contribution in [1.82, 2.24) is 14.8 Å². The summed E-state index contributed by atoms with van der Waals surface area (Å²) in [5.74, 6) is -1.47. The Bertz CT molecular complexity index is 979. The molecule has 0 aliphatic heterocycles. The third kappa shape index (κ3) is 2.33.